The number of nitrogens with one attached hydrogen (secondary N) is 1. The highest BCUT2D eigenvalue weighted by Gasteiger charge is 2.77. The van der Waals surface area contributed by atoms with Gasteiger partial charge in [0.15, 0.2) is 0 Å². The Balaban J connectivity index is 1.55. The van der Waals surface area contributed by atoms with Crippen molar-refractivity contribution >= 4 is 39.6 Å². The molecule has 13 heteroatoms. The van der Waals surface area contributed by atoms with Crippen molar-refractivity contribution in [3.63, 3.8) is 0 Å². The predicted octanol–water partition coefficient (Wildman–Crippen LogP) is 1.26. The lowest BCUT2D eigenvalue weighted by molar-refractivity contribution is -0.159. The van der Waals surface area contributed by atoms with E-state index in [0.29, 0.717) is 77.9 Å². The fourth-order valence-corrected chi connectivity index (χ4v) is 8.04. The first-order valence-corrected chi connectivity index (χ1v) is 17.1. The van der Waals surface area contributed by atoms with Gasteiger partial charge in [-0.3, -0.25) is 24.1 Å². The van der Waals surface area contributed by atoms with E-state index in [1.54, 1.807) is 28.9 Å². The summed E-state index contributed by atoms with van der Waals surface area (Å²) in [5.41, 5.74) is -1.19. The number of aliphatic hydroxyl groups is 1. The minimum atomic E-state index is -1.19. The monoisotopic (exact) mass is 696 g/mol. The Morgan fingerprint density at radius 3 is 2.64 bits per heavy atom. The molecule has 1 spiro atoms. The topological polar surface area (TPSA) is 138 Å². The molecule has 12 nitrogen and oxygen atoms in total. The lowest BCUT2D eigenvalue weighted by Gasteiger charge is -2.38. The Kier molecular flexibility index (Phi) is 13.0. The Labute approximate surface area is 274 Å². The van der Waals surface area contributed by atoms with Crippen LogP contribution in [-0.2, 0) is 33.4 Å². The highest BCUT2D eigenvalue weighted by molar-refractivity contribution is 9.09. The first-order valence-electron chi connectivity index (χ1n) is 16.2. The average molecular weight is 698 g/mol. The summed E-state index contributed by atoms with van der Waals surface area (Å²) >= 11 is 3.70. The third kappa shape index (κ3) is 7.98. The fourth-order valence-electron chi connectivity index (χ4n) is 7.09. The first-order chi connectivity index (χ1) is 21.7. The van der Waals surface area contributed by atoms with Crippen molar-refractivity contribution in [2.75, 3.05) is 65.6 Å². The second kappa shape index (κ2) is 16.5. The number of fused-ring (bicyclic) bond motifs is 1. The number of amides is 3. The van der Waals surface area contributed by atoms with E-state index in [-0.39, 0.29) is 35.7 Å². The van der Waals surface area contributed by atoms with Crippen LogP contribution >= 0.6 is 15.9 Å². The number of hydrogen-bond acceptors (Lipinski definition) is 9. The van der Waals surface area contributed by atoms with Crippen LogP contribution in [0.25, 0.3) is 0 Å². The van der Waals surface area contributed by atoms with Gasteiger partial charge in [-0.15, -0.1) is 13.2 Å². The number of nitrogens with zero attached hydrogens (tertiary/aromatic N) is 3. The van der Waals surface area contributed by atoms with Crippen LogP contribution in [0.1, 0.15) is 45.4 Å². The van der Waals surface area contributed by atoms with Crippen LogP contribution < -0.4 is 5.32 Å². The van der Waals surface area contributed by atoms with Gasteiger partial charge < -0.3 is 34.4 Å². The van der Waals surface area contributed by atoms with Gasteiger partial charge in [0.1, 0.15) is 17.7 Å². The van der Waals surface area contributed by atoms with Gasteiger partial charge in [0.05, 0.1) is 37.7 Å². The molecule has 0 radical (unpaired) electrons. The molecule has 4 saturated heterocycles. The van der Waals surface area contributed by atoms with E-state index in [1.807, 2.05) is 0 Å². The number of likely N-dealkylation sites (tertiary alicyclic amines) is 1. The number of ether oxygens (including phenoxy) is 3. The number of aliphatic hydroxyl groups excluding tert-OH is 1. The molecule has 4 aliphatic rings. The summed E-state index contributed by atoms with van der Waals surface area (Å²) in [6.45, 7) is 14.0. The molecule has 252 valence electrons. The van der Waals surface area contributed by atoms with Crippen molar-refractivity contribution < 1.29 is 38.5 Å². The molecule has 1 unspecified atom stereocenters. The molecule has 4 aliphatic heterocycles. The van der Waals surface area contributed by atoms with E-state index < -0.39 is 41.7 Å². The van der Waals surface area contributed by atoms with Gasteiger partial charge in [-0.25, -0.2) is 0 Å². The van der Waals surface area contributed by atoms with Crippen LogP contribution in [0.15, 0.2) is 25.3 Å². The molecule has 0 aromatic carbocycles. The lowest BCUT2D eigenvalue weighted by Crippen LogP contribution is -2.57. The van der Waals surface area contributed by atoms with Gasteiger partial charge in [0, 0.05) is 57.1 Å². The zero-order chi connectivity index (χ0) is 32.6. The molecule has 0 aromatic rings. The van der Waals surface area contributed by atoms with Crippen LogP contribution in [0.5, 0.6) is 0 Å². The van der Waals surface area contributed by atoms with Crippen LogP contribution in [0.3, 0.4) is 0 Å². The molecule has 45 heavy (non-hydrogen) atoms. The molecule has 0 aromatic heterocycles. The van der Waals surface area contributed by atoms with Crippen molar-refractivity contribution in [1.82, 2.24) is 20.0 Å². The number of rotatable bonds is 18. The molecular formula is C32H49BrN4O8. The van der Waals surface area contributed by atoms with Gasteiger partial charge in [0.25, 0.3) is 0 Å². The second-order valence-electron chi connectivity index (χ2n) is 12.4. The number of carbonyl (C=O) groups is 4. The third-order valence-electron chi connectivity index (χ3n) is 9.28. The van der Waals surface area contributed by atoms with Crippen LogP contribution in [0.2, 0.25) is 0 Å². The standard InChI is InChI=1S/C32H49BrN4O8/c1-4-6-10-24(39)34-21-22(3)44-31(42)25-26-29(40)37(12-8-7-9-17-38)28(32(26)20-23(33)27(25)45-32)30(41)36(11-5-2)14-13-35-15-18-43-19-16-35/h4-5,22-23,25-28,38H,1-2,6-21H2,3H3,(H,34,39)/t22-,23?,25-,26+,27-,28-,32+/m0/s1. The molecule has 7 atom stereocenters. The summed E-state index contributed by atoms with van der Waals surface area (Å²) in [6, 6.07) is -0.904. The molecule has 4 rings (SSSR count). The van der Waals surface area contributed by atoms with E-state index in [9.17, 15) is 24.3 Å². The maximum absolute atomic E-state index is 14.5. The highest BCUT2D eigenvalue weighted by Crippen LogP contribution is 2.60. The minimum absolute atomic E-state index is 0.0500. The summed E-state index contributed by atoms with van der Waals surface area (Å²) in [5, 5.41) is 12.1. The smallest absolute Gasteiger partial charge is 0.312 e. The summed E-state index contributed by atoms with van der Waals surface area (Å²) < 4.78 is 17.9. The minimum Gasteiger partial charge on any atom is -0.460 e. The molecule has 2 bridgehead atoms. The number of carbonyl (C=O) groups excluding carboxylic acids is 4. The summed E-state index contributed by atoms with van der Waals surface area (Å²) in [5.74, 6) is -2.99. The lowest BCUT2D eigenvalue weighted by atomic mass is 9.70. The number of unbranched alkanes of at least 4 members (excludes halogenated alkanes) is 2. The van der Waals surface area contributed by atoms with Crippen LogP contribution in [0, 0.1) is 11.8 Å². The van der Waals surface area contributed by atoms with Crippen molar-refractivity contribution in [2.24, 2.45) is 11.8 Å². The maximum atomic E-state index is 14.5. The quantitative estimate of drug-likeness (QED) is 0.0939. The predicted molar refractivity (Wildman–Crippen MR) is 170 cm³/mol. The highest BCUT2D eigenvalue weighted by atomic mass is 79.9. The van der Waals surface area contributed by atoms with Gasteiger partial charge in [-0.1, -0.05) is 28.1 Å². The molecular weight excluding hydrogens is 648 g/mol. The molecule has 2 N–H and O–H groups in total. The van der Waals surface area contributed by atoms with Crippen molar-refractivity contribution in [2.45, 2.75) is 74.1 Å². The zero-order valence-electron chi connectivity index (χ0n) is 26.4. The van der Waals surface area contributed by atoms with Crippen molar-refractivity contribution in [3.8, 4) is 0 Å². The zero-order valence-corrected chi connectivity index (χ0v) is 28.0. The number of esters is 1. The molecule has 4 fully saturated rings. The van der Waals surface area contributed by atoms with E-state index >= 15 is 0 Å². The first kappa shape index (κ1) is 35.5. The number of hydrogen-bond donors (Lipinski definition) is 2. The number of morpholine rings is 1. The maximum Gasteiger partial charge on any atom is 0.312 e. The normalized spacial score (nSPS) is 29.7. The Morgan fingerprint density at radius 2 is 1.96 bits per heavy atom. The molecule has 0 saturated carbocycles. The Morgan fingerprint density at radius 1 is 1.20 bits per heavy atom. The summed E-state index contributed by atoms with van der Waals surface area (Å²) in [7, 11) is 0. The molecule has 4 heterocycles. The van der Waals surface area contributed by atoms with Crippen molar-refractivity contribution in [1.29, 1.82) is 0 Å². The van der Waals surface area contributed by atoms with Crippen molar-refractivity contribution in [3.05, 3.63) is 25.3 Å². The second-order valence-corrected chi connectivity index (χ2v) is 13.6. The average Bonchev–Trinajstić information content (AvgIpc) is 3.62. The summed E-state index contributed by atoms with van der Waals surface area (Å²) in [6.07, 6.45) is 5.24. The van der Waals surface area contributed by atoms with E-state index in [1.165, 1.54) is 0 Å². The SMILES string of the molecule is C=CCCC(=O)NC[C@H](C)OC(=O)[C@@H]1[C@H]2O[C@@]3(CC2Br)[C@H](C(=O)N(CC=C)CCN2CCOCC2)N(CCCCCO)C(=O)[C@@H]13. The number of allylic oxidation sites excluding steroid dienone is 1. The number of halogens is 1. The van der Waals surface area contributed by atoms with Crippen LogP contribution in [-0.4, -0.2) is 138 Å². The molecule has 3 amide bonds. The summed E-state index contributed by atoms with van der Waals surface area (Å²) in [4.78, 5) is 59.9. The van der Waals surface area contributed by atoms with Crippen LogP contribution in [0.4, 0.5) is 0 Å². The Hall–Kier alpha value is -2.32. The van der Waals surface area contributed by atoms with Gasteiger partial charge >= 0.3 is 5.97 Å². The van der Waals surface area contributed by atoms with E-state index in [2.05, 4.69) is 39.3 Å². The largest absolute Gasteiger partial charge is 0.460 e. The van der Waals surface area contributed by atoms with E-state index in [0.717, 1.165) is 13.1 Å². The van der Waals surface area contributed by atoms with Gasteiger partial charge in [-0.05, 0) is 39.0 Å². The third-order valence-corrected chi connectivity index (χ3v) is 10.1. The number of alkyl halides is 1. The van der Waals surface area contributed by atoms with Gasteiger partial charge in [-0.2, -0.15) is 0 Å². The Bertz CT molecular complexity index is 1090. The fraction of sp³-hybridized carbons (Fsp3) is 0.750. The van der Waals surface area contributed by atoms with Gasteiger partial charge in [0.2, 0.25) is 17.7 Å². The van der Waals surface area contributed by atoms with E-state index in [4.69, 9.17) is 14.2 Å². The molecule has 0 aliphatic carbocycles.